The van der Waals surface area contributed by atoms with Gasteiger partial charge in [0.05, 0.1) is 22.7 Å². The molecular formula is C28H30ClN5O4. The summed E-state index contributed by atoms with van der Waals surface area (Å²) in [5.41, 5.74) is 5.31. The number of aromatic nitrogens is 1. The Morgan fingerprint density at radius 3 is 2.39 bits per heavy atom. The van der Waals surface area contributed by atoms with Crippen molar-refractivity contribution in [1.29, 1.82) is 0 Å². The largest absolute Gasteiger partial charge is 0.388 e. The second-order valence-corrected chi connectivity index (χ2v) is 10.5. The number of benzene rings is 2. The molecule has 1 saturated heterocycles. The van der Waals surface area contributed by atoms with Crippen LogP contribution < -0.4 is 5.43 Å². The summed E-state index contributed by atoms with van der Waals surface area (Å²) in [4.78, 5) is 43.0. The predicted molar refractivity (Wildman–Crippen MR) is 145 cm³/mol. The van der Waals surface area contributed by atoms with Crippen LogP contribution in [0.1, 0.15) is 44.0 Å². The molecule has 0 unspecified atom stereocenters. The number of amides is 3. The maximum atomic E-state index is 13.3. The predicted octanol–water partition coefficient (Wildman–Crippen LogP) is 3.13. The van der Waals surface area contributed by atoms with Gasteiger partial charge in [-0.05, 0) is 60.4 Å². The number of carbonyl (C=O) groups is 3. The highest BCUT2D eigenvalue weighted by atomic mass is 35.5. The Kier molecular flexibility index (Phi) is 6.90. The van der Waals surface area contributed by atoms with Gasteiger partial charge < -0.3 is 25.2 Å². The van der Waals surface area contributed by atoms with E-state index >= 15 is 0 Å². The van der Waals surface area contributed by atoms with E-state index in [4.69, 9.17) is 11.6 Å². The second kappa shape index (κ2) is 10.2. The van der Waals surface area contributed by atoms with E-state index in [1.165, 1.54) is 4.90 Å². The molecule has 2 aliphatic rings. The third-order valence-corrected chi connectivity index (χ3v) is 7.54. The van der Waals surface area contributed by atoms with Gasteiger partial charge in [-0.1, -0.05) is 29.8 Å². The van der Waals surface area contributed by atoms with Crippen LogP contribution in [-0.2, 0) is 0 Å². The lowest BCUT2D eigenvalue weighted by Crippen LogP contribution is -2.56. The van der Waals surface area contributed by atoms with E-state index in [1.54, 1.807) is 71.2 Å². The summed E-state index contributed by atoms with van der Waals surface area (Å²) in [6.07, 6.45) is 2.50. The first-order valence-electron chi connectivity index (χ1n) is 12.5. The molecule has 38 heavy (non-hydrogen) atoms. The van der Waals surface area contributed by atoms with E-state index in [9.17, 15) is 19.5 Å². The topological polar surface area (TPSA) is 98.1 Å². The SMILES string of the molecule is CN(C)C(=O)c1ccc(-c2ccc(C(=O)N3CCC(O)(CN4CNn5cccc5C4=O)CC3)c(Cl)c2)cc1. The number of β-amino-alcohol motifs (C(OH)–C–C–N with tert-alkyl or cyclic N) is 1. The van der Waals surface area contributed by atoms with Crippen LogP contribution in [0.15, 0.2) is 60.8 Å². The number of fused-ring (bicyclic) bond motifs is 1. The van der Waals surface area contributed by atoms with Gasteiger partial charge in [-0.2, -0.15) is 0 Å². The van der Waals surface area contributed by atoms with Gasteiger partial charge in [0, 0.05) is 38.9 Å². The van der Waals surface area contributed by atoms with Crippen molar-refractivity contribution in [3.63, 3.8) is 0 Å². The number of hydrogen-bond donors (Lipinski definition) is 2. The molecule has 1 fully saturated rings. The Bertz CT molecular complexity index is 1380. The number of halogens is 1. The smallest absolute Gasteiger partial charge is 0.273 e. The lowest BCUT2D eigenvalue weighted by molar-refractivity contribution is -0.0369. The number of nitrogens with one attached hydrogen (secondary N) is 1. The van der Waals surface area contributed by atoms with Crippen LogP contribution in [0, 0.1) is 0 Å². The number of rotatable bonds is 5. The fourth-order valence-electron chi connectivity index (χ4n) is 4.96. The average molecular weight is 536 g/mol. The zero-order valence-corrected chi connectivity index (χ0v) is 22.1. The van der Waals surface area contributed by atoms with Crippen LogP contribution >= 0.6 is 11.6 Å². The number of likely N-dealkylation sites (tertiary alicyclic amines) is 1. The third-order valence-electron chi connectivity index (χ3n) is 7.22. The summed E-state index contributed by atoms with van der Waals surface area (Å²) in [7, 11) is 3.42. The van der Waals surface area contributed by atoms with Crippen molar-refractivity contribution >= 4 is 29.3 Å². The molecule has 3 amide bonds. The molecule has 3 aromatic rings. The zero-order valence-electron chi connectivity index (χ0n) is 21.4. The molecule has 3 heterocycles. The van der Waals surface area contributed by atoms with Gasteiger partial charge in [-0.15, -0.1) is 0 Å². The van der Waals surface area contributed by atoms with Crippen LogP contribution in [-0.4, -0.2) is 88.2 Å². The minimum absolute atomic E-state index is 0.0710. The molecule has 198 valence electrons. The van der Waals surface area contributed by atoms with Gasteiger partial charge >= 0.3 is 0 Å². The van der Waals surface area contributed by atoms with Gasteiger partial charge in [-0.3, -0.25) is 19.1 Å². The molecular weight excluding hydrogens is 506 g/mol. The molecule has 10 heteroatoms. The number of aliphatic hydroxyl groups is 1. The molecule has 2 aliphatic heterocycles. The highest BCUT2D eigenvalue weighted by molar-refractivity contribution is 6.34. The first-order chi connectivity index (χ1) is 18.1. The van der Waals surface area contributed by atoms with Crippen molar-refractivity contribution < 1.29 is 19.5 Å². The summed E-state index contributed by atoms with van der Waals surface area (Å²) in [6, 6.07) is 16.1. The molecule has 0 saturated carbocycles. The van der Waals surface area contributed by atoms with E-state index in [0.717, 1.165) is 11.1 Å². The summed E-state index contributed by atoms with van der Waals surface area (Å²) in [5, 5.41) is 11.5. The summed E-state index contributed by atoms with van der Waals surface area (Å²) in [6.45, 7) is 1.23. The number of hydrogen-bond acceptors (Lipinski definition) is 5. The van der Waals surface area contributed by atoms with Gasteiger partial charge in [0.2, 0.25) is 0 Å². The van der Waals surface area contributed by atoms with Gasteiger partial charge in [0.15, 0.2) is 0 Å². The molecule has 0 aliphatic carbocycles. The van der Waals surface area contributed by atoms with Crippen LogP contribution in [0.2, 0.25) is 5.02 Å². The summed E-state index contributed by atoms with van der Waals surface area (Å²) >= 11 is 6.54. The Morgan fingerprint density at radius 2 is 1.74 bits per heavy atom. The van der Waals surface area contributed by atoms with E-state index in [0.29, 0.717) is 54.4 Å². The number of nitrogens with zero attached hydrogens (tertiary/aromatic N) is 4. The quantitative estimate of drug-likeness (QED) is 0.523. The molecule has 0 atom stereocenters. The maximum Gasteiger partial charge on any atom is 0.273 e. The monoisotopic (exact) mass is 535 g/mol. The van der Waals surface area contributed by atoms with E-state index in [1.807, 2.05) is 18.2 Å². The minimum Gasteiger partial charge on any atom is -0.388 e. The summed E-state index contributed by atoms with van der Waals surface area (Å²) < 4.78 is 1.68. The van der Waals surface area contributed by atoms with E-state index in [2.05, 4.69) is 5.43 Å². The lowest BCUT2D eigenvalue weighted by Gasteiger charge is -2.42. The zero-order chi connectivity index (χ0) is 27.0. The van der Waals surface area contributed by atoms with E-state index in [-0.39, 0.29) is 24.3 Å². The standard InChI is InChI=1S/C28H30ClN5O4/c1-31(2)25(35)20-7-5-19(6-8-20)21-9-10-22(23(29)16-21)26(36)32-14-11-28(38,12-15-32)17-33-18-30-34-13-3-4-24(34)27(33)37/h3-10,13,16,30,38H,11-12,14-15,17-18H2,1-2H3. The van der Waals surface area contributed by atoms with Crippen molar-refractivity contribution in [3.05, 3.63) is 82.6 Å². The normalized spacial score (nSPS) is 16.6. The van der Waals surface area contributed by atoms with Crippen molar-refractivity contribution in [2.24, 2.45) is 0 Å². The van der Waals surface area contributed by atoms with Crippen molar-refractivity contribution in [3.8, 4) is 11.1 Å². The fourth-order valence-corrected chi connectivity index (χ4v) is 5.22. The Labute approximate surface area is 226 Å². The van der Waals surface area contributed by atoms with Crippen LogP contribution in [0.3, 0.4) is 0 Å². The van der Waals surface area contributed by atoms with Crippen molar-refractivity contribution in [1.82, 2.24) is 19.4 Å². The van der Waals surface area contributed by atoms with Crippen LogP contribution in [0.4, 0.5) is 0 Å². The van der Waals surface area contributed by atoms with Crippen molar-refractivity contribution in [2.45, 2.75) is 18.4 Å². The first kappa shape index (κ1) is 25.8. The van der Waals surface area contributed by atoms with E-state index < -0.39 is 5.60 Å². The molecule has 0 radical (unpaired) electrons. The summed E-state index contributed by atoms with van der Waals surface area (Å²) in [5.74, 6) is -0.395. The lowest BCUT2D eigenvalue weighted by atomic mass is 9.90. The van der Waals surface area contributed by atoms with Gasteiger partial charge in [0.25, 0.3) is 17.7 Å². The minimum atomic E-state index is -1.07. The molecule has 0 bridgehead atoms. The Morgan fingerprint density at radius 1 is 1.05 bits per heavy atom. The molecule has 9 nitrogen and oxygen atoms in total. The third kappa shape index (κ3) is 4.99. The molecule has 5 rings (SSSR count). The second-order valence-electron chi connectivity index (χ2n) is 10.1. The Balaban J connectivity index is 1.21. The molecule has 2 N–H and O–H groups in total. The highest BCUT2D eigenvalue weighted by Gasteiger charge is 2.38. The van der Waals surface area contributed by atoms with Gasteiger partial charge in [0.1, 0.15) is 12.4 Å². The van der Waals surface area contributed by atoms with Crippen LogP contribution in [0.25, 0.3) is 11.1 Å². The van der Waals surface area contributed by atoms with Crippen molar-refractivity contribution in [2.75, 3.05) is 45.8 Å². The first-order valence-corrected chi connectivity index (χ1v) is 12.9. The fraction of sp³-hybridized carbons (Fsp3) is 0.321. The van der Waals surface area contributed by atoms with Crippen LogP contribution in [0.5, 0.6) is 0 Å². The molecule has 1 aromatic heterocycles. The van der Waals surface area contributed by atoms with Gasteiger partial charge in [-0.25, -0.2) is 0 Å². The molecule has 0 spiro atoms. The highest BCUT2D eigenvalue weighted by Crippen LogP contribution is 2.30. The molecule has 2 aromatic carbocycles. The number of piperidine rings is 1. The number of carbonyl (C=O) groups excluding carboxylic acids is 3. The Hall–Kier alpha value is -3.82. The average Bonchev–Trinajstić information content (AvgIpc) is 3.40. The maximum absolute atomic E-state index is 13.3.